The molecule has 0 aliphatic carbocycles. The van der Waals surface area contributed by atoms with Crippen molar-refractivity contribution in [1.82, 2.24) is 5.32 Å². The summed E-state index contributed by atoms with van der Waals surface area (Å²) in [5.74, 6) is 0.167. The van der Waals surface area contributed by atoms with Crippen molar-refractivity contribution in [3.05, 3.63) is 59.5 Å². The van der Waals surface area contributed by atoms with Gasteiger partial charge in [-0.05, 0) is 29.7 Å². The Hall–Kier alpha value is -2.03. The van der Waals surface area contributed by atoms with E-state index in [1.54, 1.807) is 12.1 Å². The molecule has 0 spiro atoms. The van der Waals surface area contributed by atoms with Crippen molar-refractivity contribution in [2.45, 2.75) is 19.9 Å². The zero-order chi connectivity index (χ0) is 12.1. The van der Waals surface area contributed by atoms with Crippen LogP contribution in [-0.4, -0.2) is 5.91 Å². The molecule has 1 amide bonds. The van der Waals surface area contributed by atoms with Crippen LogP contribution in [-0.2, 0) is 13.0 Å². The van der Waals surface area contributed by atoms with Gasteiger partial charge in [-0.15, -0.1) is 0 Å². The van der Waals surface area contributed by atoms with Gasteiger partial charge < -0.3 is 9.73 Å². The fraction of sp³-hybridized carbons (Fsp3) is 0.214. The Morgan fingerprint density at radius 2 is 1.94 bits per heavy atom. The highest BCUT2D eigenvalue weighted by atomic mass is 16.3. The Morgan fingerprint density at radius 3 is 2.59 bits per heavy atom. The highest BCUT2D eigenvalue weighted by Crippen LogP contribution is 2.09. The quantitative estimate of drug-likeness (QED) is 0.875. The van der Waals surface area contributed by atoms with E-state index in [9.17, 15) is 4.79 Å². The third-order valence-electron chi connectivity index (χ3n) is 2.68. The van der Waals surface area contributed by atoms with E-state index in [2.05, 4.69) is 18.3 Å². The van der Waals surface area contributed by atoms with Gasteiger partial charge in [0.1, 0.15) is 0 Å². The molecule has 1 N–H and O–H groups in total. The predicted molar refractivity (Wildman–Crippen MR) is 65.7 cm³/mol. The van der Waals surface area contributed by atoms with Crippen molar-refractivity contribution in [3.8, 4) is 0 Å². The molecule has 1 aromatic carbocycles. The first-order chi connectivity index (χ1) is 8.31. The van der Waals surface area contributed by atoms with Gasteiger partial charge in [0.2, 0.25) is 0 Å². The SMILES string of the molecule is CCc1ccccc1CNC(=O)c1ccco1. The second-order valence-corrected chi connectivity index (χ2v) is 3.78. The monoisotopic (exact) mass is 229 g/mol. The molecular weight excluding hydrogens is 214 g/mol. The summed E-state index contributed by atoms with van der Waals surface area (Å²) in [5, 5.41) is 2.84. The molecule has 0 unspecified atom stereocenters. The minimum Gasteiger partial charge on any atom is -0.459 e. The van der Waals surface area contributed by atoms with Gasteiger partial charge >= 0.3 is 0 Å². The van der Waals surface area contributed by atoms with Gasteiger partial charge in [0.25, 0.3) is 5.91 Å². The van der Waals surface area contributed by atoms with Crippen LogP contribution >= 0.6 is 0 Å². The molecule has 0 saturated heterocycles. The fourth-order valence-electron chi connectivity index (χ4n) is 1.75. The molecule has 88 valence electrons. The molecule has 0 radical (unpaired) electrons. The number of benzene rings is 1. The average molecular weight is 229 g/mol. The number of carbonyl (C=O) groups excluding carboxylic acids is 1. The largest absolute Gasteiger partial charge is 0.459 e. The topological polar surface area (TPSA) is 42.2 Å². The molecule has 1 heterocycles. The minimum atomic E-state index is -0.180. The number of carbonyl (C=O) groups is 1. The second-order valence-electron chi connectivity index (χ2n) is 3.78. The molecule has 3 heteroatoms. The highest BCUT2D eigenvalue weighted by Gasteiger charge is 2.08. The maximum atomic E-state index is 11.7. The van der Waals surface area contributed by atoms with Crippen LogP contribution in [0.3, 0.4) is 0 Å². The number of nitrogens with one attached hydrogen (secondary N) is 1. The summed E-state index contributed by atoms with van der Waals surface area (Å²) in [4.78, 5) is 11.7. The zero-order valence-electron chi connectivity index (χ0n) is 9.77. The molecule has 0 atom stereocenters. The maximum absolute atomic E-state index is 11.7. The van der Waals surface area contributed by atoms with Crippen molar-refractivity contribution in [1.29, 1.82) is 0 Å². The Labute approximate surface area is 100 Å². The fourth-order valence-corrected chi connectivity index (χ4v) is 1.75. The van der Waals surface area contributed by atoms with E-state index in [4.69, 9.17) is 4.42 Å². The Balaban J connectivity index is 2.00. The lowest BCUT2D eigenvalue weighted by Gasteiger charge is -2.08. The van der Waals surface area contributed by atoms with Crippen LogP contribution in [0.25, 0.3) is 0 Å². The first kappa shape index (κ1) is 11.5. The van der Waals surface area contributed by atoms with Crippen molar-refractivity contribution in [2.75, 3.05) is 0 Å². The van der Waals surface area contributed by atoms with Gasteiger partial charge in [0.15, 0.2) is 5.76 Å². The highest BCUT2D eigenvalue weighted by molar-refractivity contribution is 5.91. The zero-order valence-corrected chi connectivity index (χ0v) is 9.77. The minimum absolute atomic E-state index is 0.180. The second kappa shape index (κ2) is 5.34. The first-order valence-corrected chi connectivity index (χ1v) is 5.69. The van der Waals surface area contributed by atoms with E-state index in [0.717, 1.165) is 12.0 Å². The maximum Gasteiger partial charge on any atom is 0.287 e. The first-order valence-electron chi connectivity index (χ1n) is 5.69. The van der Waals surface area contributed by atoms with Crippen LogP contribution in [0.4, 0.5) is 0 Å². The molecule has 0 saturated carbocycles. The average Bonchev–Trinajstić information content (AvgIpc) is 2.90. The summed E-state index contributed by atoms with van der Waals surface area (Å²) in [6.45, 7) is 2.64. The predicted octanol–water partition coefficient (Wildman–Crippen LogP) is 2.77. The Bertz CT molecular complexity index is 489. The van der Waals surface area contributed by atoms with E-state index in [1.807, 2.05) is 18.2 Å². The number of aryl methyl sites for hydroxylation is 1. The van der Waals surface area contributed by atoms with Gasteiger partial charge in [-0.3, -0.25) is 4.79 Å². The van der Waals surface area contributed by atoms with Crippen LogP contribution < -0.4 is 5.32 Å². The van der Waals surface area contributed by atoms with Crippen LogP contribution in [0.2, 0.25) is 0 Å². The Kier molecular flexibility index (Phi) is 3.60. The number of rotatable bonds is 4. The van der Waals surface area contributed by atoms with Crippen LogP contribution in [0.1, 0.15) is 28.6 Å². The van der Waals surface area contributed by atoms with Gasteiger partial charge in [0, 0.05) is 6.54 Å². The molecule has 2 aromatic rings. The number of hydrogen-bond acceptors (Lipinski definition) is 2. The summed E-state index contributed by atoms with van der Waals surface area (Å²) in [6.07, 6.45) is 2.46. The summed E-state index contributed by atoms with van der Waals surface area (Å²) in [5.41, 5.74) is 2.40. The molecule has 0 bridgehead atoms. The normalized spacial score (nSPS) is 10.2. The molecular formula is C14H15NO2. The van der Waals surface area contributed by atoms with Crippen molar-refractivity contribution < 1.29 is 9.21 Å². The molecule has 17 heavy (non-hydrogen) atoms. The molecule has 0 aliphatic rings. The molecule has 0 aliphatic heterocycles. The van der Waals surface area contributed by atoms with Crippen LogP contribution in [0.15, 0.2) is 47.1 Å². The number of furan rings is 1. The van der Waals surface area contributed by atoms with Crippen molar-refractivity contribution in [2.24, 2.45) is 0 Å². The lowest BCUT2D eigenvalue weighted by molar-refractivity contribution is 0.0923. The smallest absolute Gasteiger partial charge is 0.287 e. The third-order valence-corrected chi connectivity index (χ3v) is 2.68. The standard InChI is InChI=1S/C14H15NO2/c1-2-11-6-3-4-7-12(11)10-15-14(16)13-8-5-9-17-13/h3-9H,2,10H2,1H3,(H,15,16). The lowest BCUT2D eigenvalue weighted by Crippen LogP contribution is -2.22. The van der Waals surface area contributed by atoms with E-state index in [1.165, 1.54) is 11.8 Å². The van der Waals surface area contributed by atoms with Crippen LogP contribution in [0, 0.1) is 0 Å². The van der Waals surface area contributed by atoms with Crippen LogP contribution in [0.5, 0.6) is 0 Å². The van der Waals surface area contributed by atoms with E-state index in [0.29, 0.717) is 12.3 Å². The number of hydrogen-bond donors (Lipinski definition) is 1. The van der Waals surface area contributed by atoms with E-state index < -0.39 is 0 Å². The van der Waals surface area contributed by atoms with Gasteiger partial charge in [-0.25, -0.2) is 0 Å². The van der Waals surface area contributed by atoms with Gasteiger partial charge in [0.05, 0.1) is 6.26 Å². The van der Waals surface area contributed by atoms with Gasteiger partial charge in [-0.1, -0.05) is 31.2 Å². The third kappa shape index (κ3) is 2.75. The molecule has 2 rings (SSSR count). The lowest BCUT2D eigenvalue weighted by atomic mass is 10.1. The summed E-state index contributed by atoms with van der Waals surface area (Å²) in [6, 6.07) is 11.5. The van der Waals surface area contributed by atoms with E-state index >= 15 is 0 Å². The molecule has 0 fully saturated rings. The number of amides is 1. The van der Waals surface area contributed by atoms with E-state index in [-0.39, 0.29) is 5.91 Å². The Morgan fingerprint density at radius 1 is 1.18 bits per heavy atom. The van der Waals surface area contributed by atoms with Crippen molar-refractivity contribution in [3.63, 3.8) is 0 Å². The summed E-state index contributed by atoms with van der Waals surface area (Å²) < 4.78 is 5.03. The molecule has 1 aromatic heterocycles. The van der Waals surface area contributed by atoms with Gasteiger partial charge in [-0.2, -0.15) is 0 Å². The summed E-state index contributed by atoms with van der Waals surface area (Å²) >= 11 is 0. The molecule has 3 nitrogen and oxygen atoms in total. The summed E-state index contributed by atoms with van der Waals surface area (Å²) in [7, 11) is 0. The van der Waals surface area contributed by atoms with Crippen molar-refractivity contribution >= 4 is 5.91 Å².